The Balaban J connectivity index is 2.43. The lowest BCUT2D eigenvalue weighted by molar-refractivity contribution is -0.137. The first kappa shape index (κ1) is 16.0. The van der Waals surface area contributed by atoms with Crippen molar-refractivity contribution in [2.75, 3.05) is 13.1 Å². The average Bonchev–Trinajstić information content (AvgIpc) is 2.84. The van der Waals surface area contributed by atoms with Crippen molar-refractivity contribution in [3.8, 4) is 0 Å². The van der Waals surface area contributed by atoms with Crippen LogP contribution in [0.15, 0.2) is 0 Å². The van der Waals surface area contributed by atoms with Crippen LogP contribution in [0.1, 0.15) is 58.8 Å². The van der Waals surface area contributed by atoms with Crippen molar-refractivity contribution >= 4 is 11.9 Å². The average molecular weight is 269 g/mol. The SMILES string of the molecule is CCCC(CCC)C(=O)N1CCC(CCC(=O)O)C1. The fourth-order valence-electron chi connectivity index (χ4n) is 2.94. The Bertz CT molecular complexity index is 298. The molecule has 1 saturated heterocycles. The molecule has 0 aromatic carbocycles. The molecule has 4 nitrogen and oxygen atoms in total. The minimum absolute atomic E-state index is 0.174. The number of carboxylic acids is 1. The predicted octanol–water partition coefficient (Wildman–Crippen LogP) is 2.92. The van der Waals surface area contributed by atoms with E-state index in [0.717, 1.165) is 45.2 Å². The number of hydrogen-bond acceptors (Lipinski definition) is 2. The molecule has 0 aromatic heterocycles. The van der Waals surface area contributed by atoms with Gasteiger partial charge in [-0.2, -0.15) is 0 Å². The molecule has 0 aliphatic carbocycles. The first-order chi connectivity index (χ1) is 9.08. The summed E-state index contributed by atoms with van der Waals surface area (Å²) in [4.78, 5) is 24.9. The summed E-state index contributed by atoms with van der Waals surface area (Å²) in [7, 11) is 0. The predicted molar refractivity (Wildman–Crippen MR) is 74.9 cm³/mol. The maximum absolute atomic E-state index is 12.4. The van der Waals surface area contributed by atoms with Crippen LogP contribution in [0.3, 0.4) is 0 Å². The second-order valence-electron chi connectivity index (χ2n) is 5.65. The van der Waals surface area contributed by atoms with E-state index in [2.05, 4.69) is 13.8 Å². The number of aliphatic carboxylic acids is 1. The lowest BCUT2D eigenvalue weighted by Gasteiger charge is -2.23. The molecule has 1 aliphatic rings. The number of likely N-dealkylation sites (tertiary alicyclic amines) is 1. The van der Waals surface area contributed by atoms with Gasteiger partial charge in [0, 0.05) is 25.4 Å². The molecule has 1 N–H and O–H groups in total. The maximum atomic E-state index is 12.4. The van der Waals surface area contributed by atoms with Gasteiger partial charge in [0.15, 0.2) is 0 Å². The van der Waals surface area contributed by atoms with Crippen molar-refractivity contribution in [1.82, 2.24) is 4.90 Å². The zero-order chi connectivity index (χ0) is 14.3. The molecule has 1 amide bonds. The van der Waals surface area contributed by atoms with Crippen LogP contribution in [0, 0.1) is 11.8 Å². The van der Waals surface area contributed by atoms with E-state index < -0.39 is 5.97 Å². The van der Waals surface area contributed by atoms with Crippen LogP contribution in [-0.4, -0.2) is 35.0 Å². The van der Waals surface area contributed by atoms with Crippen molar-refractivity contribution in [3.05, 3.63) is 0 Å². The number of carbonyl (C=O) groups is 2. The van der Waals surface area contributed by atoms with E-state index in [9.17, 15) is 9.59 Å². The molecule has 0 bridgehead atoms. The smallest absolute Gasteiger partial charge is 0.303 e. The van der Waals surface area contributed by atoms with Crippen molar-refractivity contribution in [2.45, 2.75) is 58.8 Å². The van der Waals surface area contributed by atoms with E-state index in [1.54, 1.807) is 0 Å². The maximum Gasteiger partial charge on any atom is 0.303 e. The number of carboxylic acid groups (broad SMARTS) is 1. The van der Waals surface area contributed by atoms with Crippen LogP contribution < -0.4 is 0 Å². The third-order valence-electron chi connectivity index (χ3n) is 3.99. The molecule has 1 rings (SSSR count). The molecule has 1 heterocycles. The van der Waals surface area contributed by atoms with Gasteiger partial charge in [-0.05, 0) is 31.6 Å². The van der Waals surface area contributed by atoms with Gasteiger partial charge in [0.2, 0.25) is 5.91 Å². The third-order valence-corrected chi connectivity index (χ3v) is 3.99. The monoisotopic (exact) mass is 269 g/mol. The van der Waals surface area contributed by atoms with E-state index >= 15 is 0 Å². The van der Waals surface area contributed by atoms with Crippen molar-refractivity contribution in [2.24, 2.45) is 11.8 Å². The highest BCUT2D eigenvalue weighted by Gasteiger charge is 2.30. The van der Waals surface area contributed by atoms with E-state index in [0.29, 0.717) is 18.2 Å². The fourth-order valence-corrected chi connectivity index (χ4v) is 2.94. The Morgan fingerprint density at radius 1 is 1.26 bits per heavy atom. The van der Waals surface area contributed by atoms with Crippen LogP contribution in [0.2, 0.25) is 0 Å². The van der Waals surface area contributed by atoms with E-state index in [4.69, 9.17) is 5.11 Å². The van der Waals surface area contributed by atoms with Crippen LogP contribution >= 0.6 is 0 Å². The summed E-state index contributed by atoms with van der Waals surface area (Å²) in [6.07, 6.45) is 5.93. The fraction of sp³-hybridized carbons (Fsp3) is 0.867. The molecular weight excluding hydrogens is 242 g/mol. The van der Waals surface area contributed by atoms with Crippen molar-refractivity contribution in [1.29, 1.82) is 0 Å². The van der Waals surface area contributed by atoms with Crippen LogP contribution in [0.5, 0.6) is 0 Å². The molecule has 0 spiro atoms. The molecule has 1 aliphatic heterocycles. The van der Waals surface area contributed by atoms with Gasteiger partial charge < -0.3 is 10.0 Å². The molecule has 0 aromatic rings. The first-order valence-electron chi connectivity index (χ1n) is 7.59. The lowest BCUT2D eigenvalue weighted by Crippen LogP contribution is -2.34. The Labute approximate surface area is 116 Å². The molecule has 1 unspecified atom stereocenters. The summed E-state index contributed by atoms with van der Waals surface area (Å²) in [6, 6.07) is 0. The van der Waals surface area contributed by atoms with E-state index in [1.165, 1.54) is 0 Å². The molecule has 1 fully saturated rings. The normalized spacial score (nSPS) is 19.1. The van der Waals surface area contributed by atoms with Gasteiger partial charge in [-0.3, -0.25) is 9.59 Å². The van der Waals surface area contributed by atoms with Crippen molar-refractivity contribution in [3.63, 3.8) is 0 Å². The second-order valence-corrected chi connectivity index (χ2v) is 5.65. The first-order valence-corrected chi connectivity index (χ1v) is 7.59. The highest BCUT2D eigenvalue weighted by atomic mass is 16.4. The number of carbonyl (C=O) groups excluding carboxylic acids is 1. The van der Waals surface area contributed by atoms with Gasteiger partial charge in [0.05, 0.1) is 0 Å². The number of nitrogens with zero attached hydrogens (tertiary/aromatic N) is 1. The molecule has 1 atom stereocenters. The highest BCUT2D eigenvalue weighted by Crippen LogP contribution is 2.25. The zero-order valence-corrected chi connectivity index (χ0v) is 12.2. The van der Waals surface area contributed by atoms with E-state index in [1.807, 2.05) is 4.90 Å². The van der Waals surface area contributed by atoms with E-state index in [-0.39, 0.29) is 12.3 Å². The van der Waals surface area contributed by atoms with Gasteiger partial charge >= 0.3 is 5.97 Å². The minimum Gasteiger partial charge on any atom is -0.481 e. The van der Waals surface area contributed by atoms with Gasteiger partial charge in [-0.1, -0.05) is 26.7 Å². The van der Waals surface area contributed by atoms with Crippen LogP contribution in [0.25, 0.3) is 0 Å². The topological polar surface area (TPSA) is 57.6 Å². The lowest BCUT2D eigenvalue weighted by atomic mass is 9.96. The van der Waals surface area contributed by atoms with Crippen molar-refractivity contribution < 1.29 is 14.7 Å². The molecular formula is C15H27NO3. The largest absolute Gasteiger partial charge is 0.481 e. The zero-order valence-electron chi connectivity index (χ0n) is 12.2. The molecule has 0 saturated carbocycles. The Morgan fingerprint density at radius 3 is 2.42 bits per heavy atom. The summed E-state index contributed by atoms with van der Waals surface area (Å²) >= 11 is 0. The number of hydrogen-bond donors (Lipinski definition) is 1. The summed E-state index contributed by atoms with van der Waals surface area (Å²) in [6.45, 7) is 5.81. The summed E-state index contributed by atoms with van der Waals surface area (Å²) in [5, 5.41) is 8.70. The minimum atomic E-state index is -0.736. The van der Waals surface area contributed by atoms with Gasteiger partial charge in [0.1, 0.15) is 0 Å². The highest BCUT2D eigenvalue weighted by molar-refractivity contribution is 5.79. The molecule has 110 valence electrons. The Hall–Kier alpha value is -1.06. The van der Waals surface area contributed by atoms with Crippen LogP contribution in [-0.2, 0) is 9.59 Å². The number of amides is 1. The second kappa shape index (κ2) is 8.18. The quantitative estimate of drug-likeness (QED) is 0.737. The standard InChI is InChI=1S/C15H27NO3/c1-3-5-13(6-4-2)15(19)16-10-9-12(11-16)7-8-14(17)18/h12-13H,3-11H2,1-2H3,(H,17,18). The molecule has 4 heteroatoms. The summed E-state index contributed by atoms with van der Waals surface area (Å²) < 4.78 is 0. The third kappa shape index (κ3) is 5.21. The van der Waals surface area contributed by atoms with Crippen LogP contribution in [0.4, 0.5) is 0 Å². The summed E-state index contributed by atoms with van der Waals surface area (Å²) in [5.74, 6) is 0.110. The molecule has 0 radical (unpaired) electrons. The number of rotatable bonds is 8. The van der Waals surface area contributed by atoms with Gasteiger partial charge in [0.25, 0.3) is 0 Å². The Morgan fingerprint density at radius 2 is 1.89 bits per heavy atom. The van der Waals surface area contributed by atoms with Gasteiger partial charge in [-0.25, -0.2) is 0 Å². The Kier molecular flexibility index (Phi) is 6.89. The summed E-state index contributed by atoms with van der Waals surface area (Å²) in [5.41, 5.74) is 0. The molecule has 19 heavy (non-hydrogen) atoms. The van der Waals surface area contributed by atoms with Gasteiger partial charge in [-0.15, -0.1) is 0 Å².